The zero-order chi connectivity index (χ0) is 16.7. The highest BCUT2D eigenvalue weighted by Gasteiger charge is 2.27. The minimum absolute atomic E-state index is 0.0281. The summed E-state index contributed by atoms with van der Waals surface area (Å²) >= 11 is 0. The Balaban J connectivity index is 2.80. The molecule has 0 aromatic heterocycles. The lowest BCUT2D eigenvalue weighted by atomic mass is 10.0. The highest BCUT2D eigenvalue weighted by Crippen LogP contribution is 2.12. The number of amides is 1. The molecule has 1 amide bonds. The minimum Gasteiger partial charge on any atom is -0.508 e. The fourth-order valence-electron chi connectivity index (χ4n) is 1.86. The van der Waals surface area contributed by atoms with Gasteiger partial charge < -0.3 is 19.9 Å². The molecule has 0 unspecified atom stereocenters. The van der Waals surface area contributed by atoms with Crippen LogP contribution in [0.3, 0.4) is 0 Å². The SMILES string of the molecule is COC(=O)[C@@H](C)C[C@@H](NC(=O)c1ccc(O)cc1)C(=O)OC. The first-order valence-corrected chi connectivity index (χ1v) is 6.64. The summed E-state index contributed by atoms with van der Waals surface area (Å²) in [6.07, 6.45) is 0.0587. The summed E-state index contributed by atoms with van der Waals surface area (Å²) in [7, 11) is 2.45. The fourth-order valence-corrected chi connectivity index (χ4v) is 1.86. The molecule has 2 atom stereocenters. The fraction of sp³-hybridized carbons (Fsp3) is 0.400. The summed E-state index contributed by atoms with van der Waals surface area (Å²) in [6.45, 7) is 1.59. The molecule has 0 saturated carbocycles. The maximum absolute atomic E-state index is 12.1. The van der Waals surface area contributed by atoms with E-state index >= 15 is 0 Å². The number of nitrogens with one attached hydrogen (secondary N) is 1. The lowest BCUT2D eigenvalue weighted by molar-refractivity contribution is -0.147. The summed E-state index contributed by atoms with van der Waals surface area (Å²) in [5, 5.41) is 11.7. The summed E-state index contributed by atoms with van der Waals surface area (Å²) in [5.74, 6) is -2.18. The highest BCUT2D eigenvalue weighted by molar-refractivity contribution is 5.97. The van der Waals surface area contributed by atoms with E-state index in [0.717, 1.165) is 0 Å². The van der Waals surface area contributed by atoms with Crippen LogP contribution in [0.15, 0.2) is 24.3 Å². The Morgan fingerprint density at radius 3 is 2.14 bits per heavy atom. The van der Waals surface area contributed by atoms with Crippen LogP contribution in [0.4, 0.5) is 0 Å². The van der Waals surface area contributed by atoms with Gasteiger partial charge in [-0.1, -0.05) is 6.92 Å². The molecule has 0 saturated heterocycles. The van der Waals surface area contributed by atoms with Gasteiger partial charge in [0.1, 0.15) is 11.8 Å². The topological polar surface area (TPSA) is 102 Å². The monoisotopic (exact) mass is 309 g/mol. The van der Waals surface area contributed by atoms with E-state index in [4.69, 9.17) is 0 Å². The molecule has 0 bridgehead atoms. The molecule has 22 heavy (non-hydrogen) atoms. The van der Waals surface area contributed by atoms with E-state index in [1.165, 1.54) is 38.5 Å². The van der Waals surface area contributed by atoms with Crippen LogP contribution >= 0.6 is 0 Å². The second-order valence-electron chi connectivity index (χ2n) is 4.76. The maximum Gasteiger partial charge on any atom is 0.328 e. The van der Waals surface area contributed by atoms with E-state index in [9.17, 15) is 19.5 Å². The zero-order valence-electron chi connectivity index (χ0n) is 12.7. The van der Waals surface area contributed by atoms with Gasteiger partial charge >= 0.3 is 11.9 Å². The number of phenolic OH excluding ortho intramolecular Hbond substituents is 1. The summed E-state index contributed by atoms with van der Waals surface area (Å²) in [4.78, 5) is 35.3. The highest BCUT2D eigenvalue weighted by atomic mass is 16.5. The third-order valence-corrected chi connectivity index (χ3v) is 3.11. The molecule has 7 nitrogen and oxygen atoms in total. The number of hydrogen-bond acceptors (Lipinski definition) is 6. The number of aromatic hydroxyl groups is 1. The Morgan fingerprint density at radius 2 is 1.64 bits per heavy atom. The summed E-state index contributed by atoms with van der Waals surface area (Å²) in [6, 6.07) is 4.59. The molecule has 2 N–H and O–H groups in total. The predicted octanol–water partition coefficient (Wildman–Crippen LogP) is 0.863. The number of phenols is 1. The molecular weight excluding hydrogens is 290 g/mol. The van der Waals surface area contributed by atoms with Crippen molar-refractivity contribution in [2.75, 3.05) is 14.2 Å². The Bertz CT molecular complexity index is 539. The van der Waals surface area contributed by atoms with Crippen molar-refractivity contribution in [3.05, 3.63) is 29.8 Å². The number of carbonyl (C=O) groups excluding carboxylic acids is 3. The quantitative estimate of drug-likeness (QED) is 0.756. The van der Waals surface area contributed by atoms with Crippen molar-refractivity contribution in [3.63, 3.8) is 0 Å². The average Bonchev–Trinajstić information content (AvgIpc) is 2.52. The van der Waals surface area contributed by atoms with Gasteiger partial charge in [0.25, 0.3) is 5.91 Å². The number of ether oxygens (including phenoxy) is 2. The summed E-state index contributed by atoms with van der Waals surface area (Å²) in [5.41, 5.74) is 0.275. The van der Waals surface area contributed by atoms with Crippen LogP contribution in [-0.2, 0) is 19.1 Å². The van der Waals surface area contributed by atoms with E-state index in [-0.39, 0.29) is 17.7 Å². The van der Waals surface area contributed by atoms with Crippen LogP contribution in [0.25, 0.3) is 0 Å². The Hall–Kier alpha value is -2.57. The molecule has 1 rings (SSSR count). The average molecular weight is 309 g/mol. The van der Waals surface area contributed by atoms with Crippen molar-refractivity contribution in [1.29, 1.82) is 0 Å². The zero-order valence-corrected chi connectivity index (χ0v) is 12.7. The maximum atomic E-state index is 12.1. The normalized spacial score (nSPS) is 12.9. The van der Waals surface area contributed by atoms with Crippen LogP contribution < -0.4 is 5.32 Å². The number of methoxy groups -OCH3 is 2. The van der Waals surface area contributed by atoms with Crippen LogP contribution in [0, 0.1) is 5.92 Å². The van der Waals surface area contributed by atoms with Gasteiger partial charge in [0, 0.05) is 5.56 Å². The Labute approximate surface area is 128 Å². The smallest absolute Gasteiger partial charge is 0.328 e. The van der Waals surface area contributed by atoms with E-state index in [1.54, 1.807) is 6.92 Å². The van der Waals surface area contributed by atoms with Gasteiger partial charge in [0.05, 0.1) is 20.1 Å². The van der Waals surface area contributed by atoms with Crippen LogP contribution in [0.5, 0.6) is 5.75 Å². The van der Waals surface area contributed by atoms with Gasteiger partial charge in [0.15, 0.2) is 0 Å². The molecule has 0 aliphatic carbocycles. The van der Waals surface area contributed by atoms with E-state index < -0.39 is 29.8 Å². The van der Waals surface area contributed by atoms with Crippen LogP contribution in [0.1, 0.15) is 23.7 Å². The third kappa shape index (κ3) is 4.76. The second-order valence-corrected chi connectivity index (χ2v) is 4.76. The van der Waals surface area contributed by atoms with Crippen molar-refractivity contribution >= 4 is 17.8 Å². The van der Waals surface area contributed by atoms with Crippen molar-refractivity contribution in [2.45, 2.75) is 19.4 Å². The standard InChI is InChI=1S/C15H19NO6/c1-9(14(19)21-2)8-12(15(20)22-3)16-13(18)10-4-6-11(17)7-5-10/h4-7,9,12,17H,8H2,1-3H3,(H,16,18)/t9-,12+/m0/s1. The van der Waals surface area contributed by atoms with Gasteiger partial charge in [0.2, 0.25) is 0 Å². The van der Waals surface area contributed by atoms with Gasteiger partial charge in [-0.3, -0.25) is 9.59 Å². The van der Waals surface area contributed by atoms with E-state index in [1.807, 2.05) is 0 Å². The van der Waals surface area contributed by atoms with Crippen LogP contribution in [0.2, 0.25) is 0 Å². The molecular formula is C15H19NO6. The molecule has 1 aromatic carbocycles. The number of benzene rings is 1. The minimum atomic E-state index is -0.972. The Kier molecular flexibility index (Phi) is 6.37. The number of hydrogen-bond donors (Lipinski definition) is 2. The van der Waals surface area contributed by atoms with Crippen molar-refractivity contribution in [1.82, 2.24) is 5.32 Å². The molecule has 0 radical (unpaired) electrons. The van der Waals surface area contributed by atoms with Gasteiger partial charge in [-0.25, -0.2) is 4.79 Å². The molecule has 0 spiro atoms. The molecule has 0 aliphatic rings. The largest absolute Gasteiger partial charge is 0.508 e. The van der Waals surface area contributed by atoms with E-state index in [0.29, 0.717) is 0 Å². The first kappa shape index (κ1) is 17.5. The summed E-state index contributed by atoms with van der Waals surface area (Å²) < 4.78 is 9.23. The van der Waals surface area contributed by atoms with Crippen molar-refractivity contribution < 1.29 is 29.0 Å². The van der Waals surface area contributed by atoms with Gasteiger partial charge in [-0.2, -0.15) is 0 Å². The molecule has 120 valence electrons. The first-order chi connectivity index (χ1) is 10.4. The Morgan fingerprint density at radius 1 is 1.09 bits per heavy atom. The van der Waals surface area contributed by atoms with E-state index in [2.05, 4.69) is 14.8 Å². The predicted molar refractivity (Wildman–Crippen MR) is 77.2 cm³/mol. The lowest BCUT2D eigenvalue weighted by Crippen LogP contribution is -2.43. The van der Waals surface area contributed by atoms with Crippen molar-refractivity contribution in [3.8, 4) is 5.75 Å². The number of carbonyl (C=O) groups is 3. The first-order valence-electron chi connectivity index (χ1n) is 6.64. The molecule has 1 aromatic rings. The van der Waals surface area contributed by atoms with Crippen LogP contribution in [-0.4, -0.2) is 43.2 Å². The number of rotatable bonds is 6. The van der Waals surface area contributed by atoms with Gasteiger partial charge in [-0.05, 0) is 30.7 Å². The molecule has 0 fully saturated rings. The molecule has 0 aliphatic heterocycles. The van der Waals surface area contributed by atoms with Crippen molar-refractivity contribution in [2.24, 2.45) is 5.92 Å². The lowest BCUT2D eigenvalue weighted by Gasteiger charge is -2.19. The second kappa shape index (κ2) is 8.02. The third-order valence-electron chi connectivity index (χ3n) is 3.11. The number of esters is 2. The molecule has 7 heteroatoms. The molecule has 0 heterocycles. The van der Waals surface area contributed by atoms with Gasteiger partial charge in [-0.15, -0.1) is 0 Å².